The lowest BCUT2D eigenvalue weighted by atomic mass is 10.0. The SMILES string of the molecule is CN(C)/C=C1\Oc2ccc(CCc3cccc(F)c3)cc2N=C1Cl.O=C1COc2ccc(CCc3cccc(F)c3)cc2N1. The highest BCUT2D eigenvalue weighted by molar-refractivity contribution is 6.69. The van der Waals surface area contributed by atoms with E-state index in [0.29, 0.717) is 33.8 Å². The Kier molecular flexibility index (Phi) is 9.92. The van der Waals surface area contributed by atoms with Crippen LogP contribution in [0.4, 0.5) is 20.2 Å². The van der Waals surface area contributed by atoms with Gasteiger partial charge in [-0.05, 0) is 96.5 Å². The Morgan fingerprint density at radius 3 is 1.98 bits per heavy atom. The second kappa shape index (κ2) is 14.2. The Labute approximate surface area is 260 Å². The molecule has 1 N–H and O–H groups in total. The second-order valence-corrected chi connectivity index (χ2v) is 11.0. The van der Waals surface area contributed by atoms with E-state index in [-0.39, 0.29) is 24.1 Å². The monoisotopic (exact) mass is 615 g/mol. The molecule has 0 bridgehead atoms. The number of hydrogen-bond acceptors (Lipinski definition) is 5. The van der Waals surface area contributed by atoms with Crippen molar-refractivity contribution < 1.29 is 23.0 Å². The number of rotatable bonds is 7. The van der Waals surface area contributed by atoms with Crippen LogP contribution in [0.2, 0.25) is 0 Å². The Hall–Kier alpha value is -4.69. The highest BCUT2D eigenvalue weighted by Gasteiger charge is 2.18. The molecule has 6 nitrogen and oxygen atoms in total. The van der Waals surface area contributed by atoms with Gasteiger partial charge in [0.1, 0.15) is 23.1 Å². The van der Waals surface area contributed by atoms with E-state index in [1.807, 2.05) is 67.5 Å². The van der Waals surface area contributed by atoms with Gasteiger partial charge in [-0.3, -0.25) is 4.79 Å². The minimum Gasteiger partial charge on any atom is -0.482 e. The number of halogens is 3. The molecule has 0 fully saturated rings. The van der Waals surface area contributed by atoms with Crippen LogP contribution in [0.1, 0.15) is 22.3 Å². The van der Waals surface area contributed by atoms with Gasteiger partial charge in [-0.15, -0.1) is 0 Å². The number of fused-ring (bicyclic) bond motifs is 2. The maximum Gasteiger partial charge on any atom is 0.262 e. The lowest BCUT2D eigenvalue weighted by Gasteiger charge is -2.18. The summed E-state index contributed by atoms with van der Waals surface area (Å²) in [6.45, 7) is 0.0651. The molecular weight excluding hydrogens is 584 g/mol. The molecule has 0 aliphatic carbocycles. The maximum atomic E-state index is 13.2. The maximum absolute atomic E-state index is 13.2. The van der Waals surface area contributed by atoms with Gasteiger partial charge in [0.15, 0.2) is 23.3 Å². The van der Waals surface area contributed by atoms with Gasteiger partial charge in [-0.1, -0.05) is 48.0 Å². The minimum absolute atomic E-state index is 0.0651. The first-order chi connectivity index (χ1) is 21.2. The highest BCUT2D eigenvalue weighted by Crippen LogP contribution is 2.36. The summed E-state index contributed by atoms with van der Waals surface area (Å²) in [5.41, 5.74) is 5.55. The number of amides is 1. The Morgan fingerprint density at radius 1 is 0.818 bits per heavy atom. The second-order valence-electron chi connectivity index (χ2n) is 10.7. The summed E-state index contributed by atoms with van der Waals surface area (Å²) in [5, 5.41) is 3.12. The number of nitrogens with zero attached hydrogens (tertiary/aromatic N) is 2. The average molecular weight is 616 g/mol. The molecule has 0 saturated carbocycles. The molecule has 0 unspecified atom stereocenters. The normalized spacial score (nSPS) is 14.2. The van der Waals surface area contributed by atoms with Gasteiger partial charge in [0.25, 0.3) is 5.91 Å². The number of aliphatic imine (C=N–C) groups is 1. The summed E-state index contributed by atoms with van der Waals surface area (Å²) in [5.74, 6) is 1.35. The van der Waals surface area contributed by atoms with Crippen molar-refractivity contribution in [3.8, 4) is 11.5 Å². The van der Waals surface area contributed by atoms with Crippen LogP contribution in [-0.4, -0.2) is 36.7 Å². The van der Waals surface area contributed by atoms with Gasteiger partial charge in [0, 0.05) is 20.3 Å². The van der Waals surface area contributed by atoms with Crippen LogP contribution in [0.3, 0.4) is 0 Å². The first kappa shape index (κ1) is 30.8. The number of carbonyl (C=O) groups is 1. The van der Waals surface area contributed by atoms with E-state index in [9.17, 15) is 13.6 Å². The number of ether oxygens (including phenoxy) is 2. The van der Waals surface area contributed by atoms with Crippen molar-refractivity contribution in [2.24, 2.45) is 4.99 Å². The predicted molar refractivity (Wildman–Crippen MR) is 170 cm³/mol. The van der Waals surface area contributed by atoms with E-state index in [1.54, 1.807) is 30.5 Å². The Bertz CT molecular complexity index is 1720. The quantitative estimate of drug-likeness (QED) is 0.232. The standard InChI is InChI=1S/C19H18ClFN2O.C16H14FNO2/c1-23(2)12-18-19(20)22-16-11-14(8-9-17(16)24-18)7-6-13-4-3-5-15(21)10-13;17-13-3-1-2-11(8-13)4-5-12-6-7-15-14(9-12)18-16(19)10-20-15/h3-5,8-12H,6-7H2,1-2H3;1-3,6-9H,4-5,10H2,(H,18,19)/b18-12-;. The number of nitrogens with one attached hydrogen (secondary N) is 1. The van der Waals surface area contributed by atoms with Crippen molar-refractivity contribution >= 4 is 34.1 Å². The summed E-state index contributed by atoms with van der Waals surface area (Å²) >= 11 is 6.19. The van der Waals surface area contributed by atoms with Crippen LogP contribution in [-0.2, 0) is 30.5 Å². The summed E-state index contributed by atoms with van der Waals surface area (Å²) in [4.78, 5) is 17.5. The zero-order valence-electron chi connectivity index (χ0n) is 24.4. The highest BCUT2D eigenvalue weighted by atomic mass is 35.5. The predicted octanol–water partition coefficient (Wildman–Crippen LogP) is 7.62. The van der Waals surface area contributed by atoms with Crippen LogP contribution in [0, 0.1) is 11.6 Å². The Balaban J connectivity index is 0.000000177. The third-order valence-electron chi connectivity index (χ3n) is 6.90. The molecule has 0 saturated heterocycles. The molecule has 226 valence electrons. The van der Waals surface area contributed by atoms with Crippen LogP contribution in [0.15, 0.2) is 102 Å². The van der Waals surface area contributed by atoms with Gasteiger partial charge in [-0.25, -0.2) is 13.8 Å². The molecular formula is C35H32ClF2N3O3. The lowest BCUT2D eigenvalue weighted by Crippen LogP contribution is -2.25. The molecule has 0 atom stereocenters. The number of hydrogen-bond donors (Lipinski definition) is 1. The molecule has 0 aromatic heterocycles. The van der Waals surface area contributed by atoms with E-state index in [0.717, 1.165) is 47.9 Å². The smallest absolute Gasteiger partial charge is 0.262 e. The van der Waals surface area contributed by atoms with Crippen molar-refractivity contribution in [2.75, 3.05) is 26.0 Å². The molecule has 2 heterocycles. The zero-order chi connectivity index (χ0) is 31.1. The van der Waals surface area contributed by atoms with Gasteiger partial charge in [0.05, 0.1) is 5.69 Å². The van der Waals surface area contributed by atoms with Crippen molar-refractivity contribution in [3.63, 3.8) is 0 Å². The van der Waals surface area contributed by atoms with Crippen LogP contribution in [0.25, 0.3) is 0 Å². The molecule has 2 aliphatic heterocycles. The van der Waals surface area contributed by atoms with E-state index in [4.69, 9.17) is 21.1 Å². The number of carbonyl (C=O) groups excluding carboxylic acids is 1. The third-order valence-corrected chi connectivity index (χ3v) is 7.17. The minimum atomic E-state index is -0.214. The number of anilines is 1. The summed E-state index contributed by atoms with van der Waals surface area (Å²) < 4.78 is 37.4. The summed E-state index contributed by atoms with van der Waals surface area (Å²) in [6.07, 6.45) is 4.88. The molecule has 0 spiro atoms. The van der Waals surface area contributed by atoms with Gasteiger partial charge in [0.2, 0.25) is 0 Å². The fourth-order valence-corrected chi connectivity index (χ4v) is 4.95. The fraction of sp³-hybridized carbons (Fsp3) is 0.200. The van der Waals surface area contributed by atoms with Crippen molar-refractivity contribution in [2.45, 2.75) is 25.7 Å². The zero-order valence-corrected chi connectivity index (χ0v) is 25.2. The number of benzene rings is 4. The molecule has 2 aliphatic rings. The summed E-state index contributed by atoms with van der Waals surface area (Å²) in [7, 11) is 3.79. The van der Waals surface area contributed by atoms with Crippen LogP contribution in [0.5, 0.6) is 11.5 Å². The third kappa shape index (κ3) is 8.45. The molecule has 4 aromatic carbocycles. The molecule has 6 rings (SSSR count). The van der Waals surface area contributed by atoms with Gasteiger partial charge < -0.3 is 19.7 Å². The van der Waals surface area contributed by atoms with E-state index < -0.39 is 0 Å². The largest absolute Gasteiger partial charge is 0.482 e. The first-order valence-electron chi connectivity index (χ1n) is 14.2. The molecule has 0 radical (unpaired) electrons. The Morgan fingerprint density at radius 2 is 1.39 bits per heavy atom. The van der Waals surface area contributed by atoms with Crippen molar-refractivity contribution in [1.82, 2.24) is 4.90 Å². The first-order valence-corrected chi connectivity index (χ1v) is 14.6. The van der Waals surface area contributed by atoms with Gasteiger partial charge in [-0.2, -0.15) is 0 Å². The topological polar surface area (TPSA) is 63.2 Å². The van der Waals surface area contributed by atoms with Crippen LogP contribution < -0.4 is 14.8 Å². The van der Waals surface area contributed by atoms with Crippen molar-refractivity contribution in [1.29, 1.82) is 0 Å². The molecule has 44 heavy (non-hydrogen) atoms. The van der Waals surface area contributed by atoms with E-state index in [2.05, 4.69) is 10.3 Å². The fourth-order valence-electron chi connectivity index (χ4n) is 4.78. The molecule has 1 amide bonds. The average Bonchev–Trinajstić information content (AvgIpc) is 2.99. The lowest BCUT2D eigenvalue weighted by molar-refractivity contribution is -0.118. The summed E-state index contributed by atoms with van der Waals surface area (Å²) in [6, 6.07) is 24.9. The van der Waals surface area contributed by atoms with Crippen LogP contribution >= 0.6 is 11.6 Å². The van der Waals surface area contributed by atoms with E-state index >= 15 is 0 Å². The van der Waals surface area contributed by atoms with E-state index in [1.165, 1.54) is 12.1 Å². The molecule has 4 aromatic rings. The molecule has 9 heteroatoms. The van der Waals surface area contributed by atoms with Crippen molar-refractivity contribution in [3.05, 3.63) is 131 Å². The number of allylic oxidation sites excluding steroid dienone is 1. The number of aryl methyl sites for hydroxylation is 4. The van der Waals surface area contributed by atoms with Gasteiger partial charge >= 0.3 is 0 Å².